The number of hydrogen-bond donors (Lipinski definition) is 2. The largest absolute Gasteiger partial charge is 0.396 e. The van der Waals surface area contributed by atoms with E-state index in [2.05, 4.69) is 12.1 Å². The smallest absolute Gasteiger partial charge is 0.0614 e. The summed E-state index contributed by atoms with van der Waals surface area (Å²) in [6.45, 7) is 0.223. The molecule has 0 aliphatic heterocycles. The highest BCUT2D eigenvalue weighted by molar-refractivity contribution is 5.24. The van der Waals surface area contributed by atoms with Crippen LogP contribution in [0.25, 0.3) is 0 Å². The van der Waals surface area contributed by atoms with Gasteiger partial charge in [-0.2, -0.15) is 0 Å². The minimum atomic E-state index is -0.214. The van der Waals surface area contributed by atoms with Crippen molar-refractivity contribution in [2.24, 2.45) is 5.92 Å². The van der Waals surface area contributed by atoms with Crippen molar-refractivity contribution in [2.75, 3.05) is 6.61 Å². The molecule has 1 aromatic rings. The predicted molar refractivity (Wildman–Crippen MR) is 55.0 cm³/mol. The van der Waals surface area contributed by atoms with E-state index in [1.165, 1.54) is 5.56 Å². The normalized spacial score (nSPS) is 31.1. The van der Waals surface area contributed by atoms with Crippen LogP contribution in [0.15, 0.2) is 30.3 Å². The van der Waals surface area contributed by atoms with Crippen LogP contribution in [0.4, 0.5) is 0 Å². The predicted octanol–water partition coefficient (Wildman–Crippen LogP) is 1.53. The zero-order valence-electron chi connectivity index (χ0n) is 8.13. The average molecular weight is 192 g/mol. The fourth-order valence-electron chi connectivity index (χ4n) is 2.35. The molecule has 2 N–H and O–H groups in total. The fourth-order valence-corrected chi connectivity index (χ4v) is 2.35. The first-order chi connectivity index (χ1) is 6.83. The third kappa shape index (κ3) is 1.68. The van der Waals surface area contributed by atoms with Gasteiger partial charge in [-0.05, 0) is 24.3 Å². The molecule has 1 saturated carbocycles. The molecule has 0 saturated heterocycles. The molecule has 1 fully saturated rings. The second-order valence-electron chi connectivity index (χ2n) is 4.01. The van der Waals surface area contributed by atoms with Crippen LogP contribution in [0, 0.1) is 5.92 Å². The lowest BCUT2D eigenvalue weighted by Crippen LogP contribution is -2.39. The van der Waals surface area contributed by atoms with E-state index in [0.29, 0.717) is 5.92 Å². The fraction of sp³-hybridized carbons (Fsp3) is 0.500. The number of benzene rings is 1. The van der Waals surface area contributed by atoms with Crippen molar-refractivity contribution in [2.45, 2.75) is 24.9 Å². The standard InChI is InChI=1S/C12H16O2/c13-7-6-10-8-11(14)12(10)9-4-2-1-3-5-9/h1-5,10-14H,6-8H2/t10-,11?,12+/m0/s1. The molecule has 0 radical (unpaired) electrons. The van der Waals surface area contributed by atoms with Crippen molar-refractivity contribution in [3.05, 3.63) is 35.9 Å². The van der Waals surface area contributed by atoms with Gasteiger partial charge in [0.05, 0.1) is 6.10 Å². The molecule has 0 amide bonds. The first kappa shape index (κ1) is 9.69. The van der Waals surface area contributed by atoms with Gasteiger partial charge in [-0.1, -0.05) is 30.3 Å². The molecule has 1 aliphatic carbocycles. The molecule has 76 valence electrons. The van der Waals surface area contributed by atoms with Crippen molar-refractivity contribution in [3.63, 3.8) is 0 Å². The highest BCUT2D eigenvalue weighted by Crippen LogP contribution is 2.44. The molecule has 0 aromatic heterocycles. The molecule has 1 aromatic carbocycles. The molecule has 14 heavy (non-hydrogen) atoms. The van der Waals surface area contributed by atoms with Crippen LogP contribution in [0.2, 0.25) is 0 Å². The maximum absolute atomic E-state index is 9.68. The molecular formula is C12H16O2. The molecule has 1 unspecified atom stereocenters. The Labute approximate surface area is 84.2 Å². The molecule has 2 nitrogen and oxygen atoms in total. The Balaban J connectivity index is 2.09. The van der Waals surface area contributed by atoms with Crippen LogP contribution in [0.1, 0.15) is 24.3 Å². The number of hydrogen-bond acceptors (Lipinski definition) is 2. The highest BCUT2D eigenvalue weighted by Gasteiger charge is 2.39. The summed E-state index contributed by atoms with van der Waals surface area (Å²) < 4.78 is 0. The molecule has 0 spiro atoms. The molecule has 2 heteroatoms. The summed E-state index contributed by atoms with van der Waals surface area (Å²) in [6.07, 6.45) is 1.42. The summed E-state index contributed by atoms with van der Waals surface area (Å²) in [5, 5.41) is 18.5. The van der Waals surface area contributed by atoms with Gasteiger partial charge in [0, 0.05) is 12.5 Å². The minimum Gasteiger partial charge on any atom is -0.396 e. The summed E-state index contributed by atoms with van der Waals surface area (Å²) >= 11 is 0. The number of aliphatic hydroxyl groups excluding tert-OH is 2. The van der Waals surface area contributed by atoms with Crippen molar-refractivity contribution < 1.29 is 10.2 Å². The summed E-state index contributed by atoms with van der Waals surface area (Å²) in [7, 11) is 0. The van der Waals surface area contributed by atoms with Gasteiger partial charge < -0.3 is 10.2 Å². The Bertz CT molecular complexity index is 282. The number of rotatable bonds is 3. The van der Waals surface area contributed by atoms with E-state index >= 15 is 0 Å². The summed E-state index contributed by atoms with van der Waals surface area (Å²) in [6, 6.07) is 10.1. The van der Waals surface area contributed by atoms with Gasteiger partial charge in [0.1, 0.15) is 0 Å². The Kier molecular flexibility index (Phi) is 2.85. The number of aliphatic hydroxyl groups is 2. The van der Waals surface area contributed by atoms with Crippen LogP contribution in [-0.4, -0.2) is 22.9 Å². The lowest BCUT2D eigenvalue weighted by atomic mass is 9.66. The molecule has 0 heterocycles. The molecule has 3 atom stereocenters. The van der Waals surface area contributed by atoms with E-state index < -0.39 is 0 Å². The zero-order chi connectivity index (χ0) is 9.97. The van der Waals surface area contributed by atoms with Crippen LogP contribution in [0.5, 0.6) is 0 Å². The molecule has 0 bridgehead atoms. The van der Waals surface area contributed by atoms with Gasteiger partial charge in [0.2, 0.25) is 0 Å². The first-order valence-corrected chi connectivity index (χ1v) is 5.17. The van der Waals surface area contributed by atoms with Crippen LogP contribution in [-0.2, 0) is 0 Å². The van der Waals surface area contributed by atoms with Crippen molar-refractivity contribution in [3.8, 4) is 0 Å². The third-order valence-electron chi connectivity index (χ3n) is 3.15. The van der Waals surface area contributed by atoms with Gasteiger partial charge >= 0.3 is 0 Å². The van der Waals surface area contributed by atoms with Crippen molar-refractivity contribution in [1.82, 2.24) is 0 Å². The molecule has 1 aliphatic rings. The van der Waals surface area contributed by atoms with E-state index in [9.17, 15) is 5.11 Å². The van der Waals surface area contributed by atoms with Gasteiger partial charge in [-0.15, -0.1) is 0 Å². The second kappa shape index (κ2) is 4.11. The summed E-state index contributed by atoms with van der Waals surface area (Å²) in [5.74, 6) is 0.695. The Hall–Kier alpha value is -0.860. The first-order valence-electron chi connectivity index (χ1n) is 5.17. The Morgan fingerprint density at radius 1 is 1.21 bits per heavy atom. The summed E-state index contributed by atoms with van der Waals surface area (Å²) in [5.41, 5.74) is 1.20. The van der Waals surface area contributed by atoms with E-state index in [1.807, 2.05) is 18.2 Å². The maximum atomic E-state index is 9.68. The maximum Gasteiger partial charge on any atom is 0.0614 e. The molecular weight excluding hydrogens is 176 g/mol. The topological polar surface area (TPSA) is 40.5 Å². The SMILES string of the molecule is OCC[C@H]1CC(O)[C@@H]1c1ccccc1. The summed E-state index contributed by atoms with van der Waals surface area (Å²) in [4.78, 5) is 0. The van der Waals surface area contributed by atoms with Crippen molar-refractivity contribution >= 4 is 0 Å². The minimum absolute atomic E-state index is 0.214. The Morgan fingerprint density at radius 2 is 1.93 bits per heavy atom. The van der Waals surface area contributed by atoms with Crippen LogP contribution >= 0.6 is 0 Å². The van der Waals surface area contributed by atoms with Gasteiger partial charge in [0.15, 0.2) is 0 Å². The van der Waals surface area contributed by atoms with E-state index in [1.54, 1.807) is 0 Å². The quantitative estimate of drug-likeness (QED) is 0.762. The lowest BCUT2D eigenvalue weighted by molar-refractivity contribution is 0.00120. The van der Waals surface area contributed by atoms with Crippen molar-refractivity contribution in [1.29, 1.82) is 0 Å². The zero-order valence-corrected chi connectivity index (χ0v) is 8.13. The average Bonchev–Trinajstić information content (AvgIpc) is 2.19. The second-order valence-corrected chi connectivity index (χ2v) is 4.01. The van der Waals surface area contributed by atoms with E-state index in [4.69, 9.17) is 5.11 Å². The van der Waals surface area contributed by atoms with Gasteiger partial charge in [-0.3, -0.25) is 0 Å². The lowest BCUT2D eigenvalue weighted by Gasteiger charge is -2.42. The van der Waals surface area contributed by atoms with Gasteiger partial charge in [-0.25, -0.2) is 0 Å². The third-order valence-corrected chi connectivity index (χ3v) is 3.15. The van der Waals surface area contributed by atoms with E-state index in [0.717, 1.165) is 12.8 Å². The molecule has 2 rings (SSSR count). The monoisotopic (exact) mass is 192 g/mol. The van der Waals surface area contributed by atoms with Crippen LogP contribution < -0.4 is 0 Å². The highest BCUT2D eigenvalue weighted by atomic mass is 16.3. The Morgan fingerprint density at radius 3 is 2.50 bits per heavy atom. The van der Waals surface area contributed by atoms with Crippen LogP contribution in [0.3, 0.4) is 0 Å². The van der Waals surface area contributed by atoms with E-state index in [-0.39, 0.29) is 18.6 Å². The van der Waals surface area contributed by atoms with Gasteiger partial charge in [0.25, 0.3) is 0 Å².